The van der Waals surface area contributed by atoms with Gasteiger partial charge in [-0.05, 0) is 42.9 Å². The molecule has 0 aromatic carbocycles. The van der Waals surface area contributed by atoms with Gasteiger partial charge in [0.1, 0.15) is 0 Å². The maximum Gasteiger partial charge on any atom is 0.00697 e. The molecule has 96 valence electrons. The first-order chi connectivity index (χ1) is 7.52. The average molecular weight is 225 g/mol. The Hall–Kier alpha value is -0.0400. The lowest BCUT2D eigenvalue weighted by Crippen LogP contribution is -2.33. The molecule has 0 spiro atoms. The minimum absolute atomic E-state index is 0.444. The third kappa shape index (κ3) is 4.08. The van der Waals surface area contributed by atoms with Crippen molar-refractivity contribution in [1.82, 2.24) is 0 Å². The molecule has 1 saturated carbocycles. The summed E-state index contributed by atoms with van der Waals surface area (Å²) in [6.07, 6.45) is 8.17. The van der Waals surface area contributed by atoms with Gasteiger partial charge in [-0.25, -0.2) is 0 Å². The van der Waals surface area contributed by atoms with Crippen molar-refractivity contribution < 1.29 is 0 Å². The summed E-state index contributed by atoms with van der Waals surface area (Å²) in [6.45, 7) is 9.41. The lowest BCUT2D eigenvalue weighted by atomic mass is 9.82. The van der Waals surface area contributed by atoms with E-state index in [1.165, 1.54) is 38.5 Å². The van der Waals surface area contributed by atoms with Crippen molar-refractivity contribution in [2.45, 2.75) is 72.3 Å². The highest BCUT2D eigenvalue weighted by molar-refractivity contribution is 4.79. The van der Waals surface area contributed by atoms with Gasteiger partial charge in [0.15, 0.2) is 0 Å². The van der Waals surface area contributed by atoms with Crippen LogP contribution >= 0.6 is 0 Å². The number of hydrogen-bond acceptors (Lipinski definition) is 1. The predicted octanol–water partition coefficient (Wildman–Crippen LogP) is 4.21. The van der Waals surface area contributed by atoms with Crippen LogP contribution in [0, 0.1) is 23.7 Å². The van der Waals surface area contributed by atoms with E-state index in [9.17, 15) is 0 Å². The van der Waals surface area contributed by atoms with Crippen LogP contribution in [0.4, 0.5) is 0 Å². The standard InChI is InChI=1S/C15H31N/c1-11(2)13-7-5-6-8-14(12(3)4)15(16)10-9-13/h11-15H,5-10,16H2,1-4H3. The average Bonchev–Trinajstić information content (AvgIpc) is 2.28. The van der Waals surface area contributed by atoms with Crippen LogP contribution in [0.1, 0.15) is 66.2 Å². The third-order valence-corrected chi connectivity index (χ3v) is 4.58. The van der Waals surface area contributed by atoms with Crippen LogP contribution in [0.25, 0.3) is 0 Å². The summed E-state index contributed by atoms with van der Waals surface area (Å²) in [5.41, 5.74) is 6.38. The summed E-state index contributed by atoms with van der Waals surface area (Å²) >= 11 is 0. The Morgan fingerprint density at radius 1 is 0.812 bits per heavy atom. The van der Waals surface area contributed by atoms with Crippen LogP contribution in [0.2, 0.25) is 0 Å². The number of hydrogen-bond donors (Lipinski definition) is 1. The van der Waals surface area contributed by atoms with Gasteiger partial charge < -0.3 is 5.73 Å². The Morgan fingerprint density at radius 3 is 2.00 bits per heavy atom. The zero-order valence-electron chi connectivity index (χ0n) is 11.7. The molecule has 0 amide bonds. The molecular formula is C15H31N. The molecule has 3 unspecified atom stereocenters. The molecule has 0 heterocycles. The predicted molar refractivity (Wildman–Crippen MR) is 72.3 cm³/mol. The van der Waals surface area contributed by atoms with E-state index in [0.29, 0.717) is 6.04 Å². The zero-order valence-corrected chi connectivity index (χ0v) is 11.7. The molecule has 0 saturated heterocycles. The second kappa shape index (κ2) is 6.64. The minimum Gasteiger partial charge on any atom is -0.327 e. The molecule has 0 aromatic heterocycles. The van der Waals surface area contributed by atoms with Crippen molar-refractivity contribution in [2.75, 3.05) is 0 Å². The fourth-order valence-electron chi connectivity index (χ4n) is 3.26. The number of rotatable bonds is 2. The Morgan fingerprint density at radius 2 is 1.44 bits per heavy atom. The Balaban J connectivity index is 2.55. The van der Waals surface area contributed by atoms with E-state index < -0.39 is 0 Å². The molecule has 0 aromatic rings. The van der Waals surface area contributed by atoms with E-state index in [4.69, 9.17) is 5.73 Å². The smallest absolute Gasteiger partial charge is 0.00697 e. The van der Waals surface area contributed by atoms with E-state index in [1.54, 1.807) is 0 Å². The molecular weight excluding hydrogens is 194 g/mol. The highest BCUT2D eigenvalue weighted by Gasteiger charge is 2.24. The van der Waals surface area contributed by atoms with Crippen molar-refractivity contribution in [2.24, 2.45) is 29.4 Å². The topological polar surface area (TPSA) is 26.0 Å². The highest BCUT2D eigenvalue weighted by Crippen LogP contribution is 2.31. The summed E-state index contributed by atoms with van der Waals surface area (Å²) < 4.78 is 0. The van der Waals surface area contributed by atoms with Crippen LogP contribution in [-0.2, 0) is 0 Å². The van der Waals surface area contributed by atoms with E-state index in [0.717, 1.165) is 23.7 Å². The van der Waals surface area contributed by atoms with Crippen molar-refractivity contribution in [3.05, 3.63) is 0 Å². The molecule has 3 atom stereocenters. The van der Waals surface area contributed by atoms with Crippen LogP contribution in [-0.4, -0.2) is 6.04 Å². The highest BCUT2D eigenvalue weighted by atomic mass is 14.7. The first-order valence-electron chi connectivity index (χ1n) is 7.28. The maximum absolute atomic E-state index is 6.38. The summed E-state index contributed by atoms with van der Waals surface area (Å²) in [6, 6.07) is 0.444. The third-order valence-electron chi connectivity index (χ3n) is 4.58. The first kappa shape index (κ1) is 14.0. The minimum atomic E-state index is 0.444. The Kier molecular flexibility index (Phi) is 5.82. The van der Waals surface area contributed by atoms with Gasteiger partial charge in [-0.2, -0.15) is 0 Å². The molecule has 0 radical (unpaired) electrons. The SMILES string of the molecule is CC(C)C1CCCCC(C(C)C)C(N)CC1. The second-order valence-corrected chi connectivity index (χ2v) is 6.44. The van der Waals surface area contributed by atoms with Crippen LogP contribution in [0.5, 0.6) is 0 Å². The van der Waals surface area contributed by atoms with Crippen molar-refractivity contribution >= 4 is 0 Å². The molecule has 2 N–H and O–H groups in total. The molecule has 1 nitrogen and oxygen atoms in total. The van der Waals surface area contributed by atoms with E-state index >= 15 is 0 Å². The first-order valence-corrected chi connectivity index (χ1v) is 7.28. The van der Waals surface area contributed by atoms with Gasteiger partial charge in [0.05, 0.1) is 0 Å². The Bertz CT molecular complexity index is 186. The largest absolute Gasteiger partial charge is 0.327 e. The van der Waals surface area contributed by atoms with Gasteiger partial charge in [0, 0.05) is 6.04 Å². The van der Waals surface area contributed by atoms with E-state index in [-0.39, 0.29) is 0 Å². The normalized spacial score (nSPS) is 33.6. The molecule has 16 heavy (non-hydrogen) atoms. The lowest BCUT2D eigenvalue weighted by Gasteiger charge is -2.27. The van der Waals surface area contributed by atoms with Crippen molar-refractivity contribution in [3.63, 3.8) is 0 Å². The van der Waals surface area contributed by atoms with Gasteiger partial charge in [0.25, 0.3) is 0 Å². The van der Waals surface area contributed by atoms with Gasteiger partial charge in [-0.15, -0.1) is 0 Å². The fraction of sp³-hybridized carbons (Fsp3) is 1.00. The molecule has 1 aliphatic carbocycles. The van der Waals surface area contributed by atoms with Crippen LogP contribution < -0.4 is 5.73 Å². The maximum atomic E-state index is 6.38. The van der Waals surface area contributed by atoms with Crippen LogP contribution in [0.15, 0.2) is 0 Å². The quantitative estimate of drug-likeness (QED) is 0.748. The summed E-state index contributed by atoms with van der Waals surface area (Å²) in [7, 11) is 0. The van der Waals surface area contributed by atoms with Gasteiger partial charge in [-0.3, -0.25) is 0 Å². The van der Waals surface area contributed by atoms with Crippen LogP contribution in [0.3, 0.4) is 0 Å². The molecule has 1 rings (SSSR count). The monoisotopic (exact) mass is 225 g/mol. The molecule has 1 heteroatoms. The zero-order chi connectivity index (χ0) is 12.1. The molecule has 1 fully saturated rings. The van der Waals surface area contributed by atoms with Gasteiger partial charge in [0.2, 0.25) is 0 Å². The van der Waals surface area contributed by atoms with E-state index in [2.05, 4.69) is 27.7 Å². The molecule has 0 bridgehead atoms. The second-order valence-electron chi connectivity index (χ2n) is 6.44. The van der Waals surface area contributed by atoms with Gasteiger partial charge in [-0.1, -0.05) is 47.0 Å². The summed E-state index contributed by atoms with van der Waals surface area (Å²) in [4.78, 5) is 0. The fourth-order valence-corrected chi connectivity index (χ4v) is 3.26. The van der Waals surface area contributed by atoms with E-state index in [1.807, 2.05) is 0 Å². The summed E-state index contributed by atoms with van der Waals surface area (Å²) in [5.74, 6) is 3.26. The van der Waals surface area contributed by atoms with Gasteiger partial charge >= 0.3 is 0 Å². The van der Waals surface area contributed by atoms with Crippen molar-refractivity contribution in [1.29, 1.82) is 0 Å². The molecule has 0 aliphatic heterocycles. The Labute approximate surface area is 102 Å². The van der Waals surface area contributed by atoms with Crippen molar-refractivity contribution in [3.8, 4) is 0 Å². The number of nitrogens with two attached hydrogens (primary N) is 1. The lowest BCUT2D eigenvalue weighted by molar-refractivity contribution is 0.271. The summed E-state index contributed by atoms with van der Waals surface area (Å²) in [5, 5.41) is 0. The molecule has 1 aliphatic rings.